The molecule has 0 bridgehead atoms. The van der Waals surface area contributed by atoms with Gasteiger partial charge >= 0.3 is 5.97 Å². The maximum atomic E-state index is 10.1. The van der Waals surface area contributed by atoms with Gasteiger partial charge in [0.2, 0.25) is 0 Å². The van der Waals surface area contributed by atoms with Crippen LogP contribution >= 0.6 is 12.4 Å². The standard InChI is InChI=1S/C8H17NO2.ClH/c1-7(2)9(3)6-4-5-8(10)11;/h7H,4-6H2,1-3H3,(H,10,11);1H. The Hall–Kier alpha value is -0.280. The summed E-state index contributed by atoms with van der Waals surface area (Å²) in [4.78, 5) is 12.3. The van der Waals surface area contributed by atoms with Gasteiger partial charge in [0.25, 0.3) is 0 Å². The summed E-state index contributed by atoms with van der Waals surface area (Å²) in [7, 11) is 2.01. The smallest absolute Gasteiger partial charge is 0.303 e. The fourth-order valence-electron chi connectivity index (χ4n) is 0.738. The number of carboxylic acids is 1. The van der Waals surface area contributed by atoms with Crippen molar-refractivity contribution in [2.24, 2.45) is 0 Å². The summed E-state index contributed by atoms with van der Waals surface area (Å²) in [5, 5.41) is 8.35. The van der Waals surface area contributed by atoms with E-state index in [2.05, 4.69) is 18.7 Å². The summed E-state index contributed by atoms with van der Waals surface area (Å²) in [5.74, 6) is -0.706. The fourth-order valence-corrected chi connectivity index (χ4v) is 0.738. The van der Waals surface area contributed by atoms with Crippen LogP contribution in [-0.2, 0) is 4.79 Å². The highest BCUT2D eigenvalue weighted by Crippen LogP contribution is 1.97. The minimum absolute atomic E-state index is 0. The molecule has 12 heavy (non-hydrogen) atoms. The summed E-state index contributed by atoms with van der Waals surface area (Å²) >= 11 is 0. The Morgan fingerprint density at radius 1 is 1.50 bits per heavy atom. The van der Waals surface area contributed by atoms with Crippen molar-refractivity contribution in [3.63, 3.8) is 0 Å². The number of hydrogen-bond donors (Lipinski definition) is 1. The van der Waals surface area contributed by atoms with Crippen LogP contribution in [0.4, 0.5) is 0 Å². The van der Waals surface area contributed by atoms with Crippen molar-refractivity contribution < 1.29 is 9.90 Å². The van der Waals surface area contributed by atoms with E-state index in [9.17, 15) is 4.79 Å². The van der Waals surface area contributed by atoms with Crippen molar-refractivity contribution in [1.29, 1.82) is 0 Å². The second kappa shape index (κ2) is 7.37. The Morgan fingerprint density at radius 3 is 2.33 bits per heavy atom. The van der Waals surface area contributed by atoms with Crippen molar-refractivity contribution in [3.05, 3.63) is 0 Å². The third kappa shape index (κ3) is 7.82. The average molecular weight is 196 g/mol. The summed E-state index contributed by atoms with van der Waals surface area (Å²) in [6.07, 6.45) is 1.01. The minimum Gasteiger partial charge on any atom is -0.481 e. The first kappa shape index (κ1) is 14.3. The number of aliphatic carboxylic acids is 1. The van der Waals surface area contributed by atoms with Gasteiger partial charge in [0.1, 0.15) is 0 Å². The van der Waals surface area contributed by atoms with E-state index in [1.54, 1.807) is 0 Å². The van der Waals surface area contributed by atoms with Crippen LogP contribution in [-0.4, -0.2) is 35.6 Å². The highest BCUT2D eigenvalue weighted by molar-refractivity contribution is 5.85. The maximum Gasteiger partial charge on any atom is 0.303 e. The lowest BCUT2D eigenvalue weighted by molar-refractivity contribution is -0.137. The van der Waals surface area contributed by atoms with Crippen LogP contribution in [0.5, 0.6) is 0 Å². The fraction of sp³-hybridized carbons (Fsp3) is 0.875. The van der Waals surface area contributed by atoms with Gasteiger partial charge in [0.15, 0.2) is 0 Å². The lowest BCUT2D eigenvalue weighted by atomic mass is 10.2. The minimum atomic E-state index is -0.706. The quantitative estimate of drug-likeness (QED) is 0.725. The zero-order chi connectivity index (χ0) is 8.85. The Kier molecular flexibility index (Phi) is 8.76. The average Bonchev–Trinajstić information content (AvgIpc) is 1.86. The third-order valence-electron chi connectivity index (χ3n) is 1.78. The van der Waals surface area contributed by atoms with Crippen molar-refractivity contribution in [3.8, 4) is 0 Å². The van der Waals surface area contributed by atoms with Crippen LogP contribution in [0.2, 0.25) is 0 Å². The number of carbonyl (C=O) groups is 1. The lowest BCUT2D eigenvalue weighted by Crippen LogP contribution is -2.27. The number of rotatable bonds is 5. The molecule has 0 rings (SSSR count). The molecule has 3 nitrogen and oxygen atoms in total. The normalized spacial score (nSPS) is 10.1. The lowest BCUT2D eigenvalue weighted by Gasteiger charge is -2.19. The van der Waals surface area contributed by atoms with Gasteiger partial charge in [-0.05, 0) is 33.9 Å². The summed E-state index contributed by atoms with van der Waals surface area (Å²) in [5.41, 5.74) is 0. The molecule has 0 atom stereocenters. The molecule has 4 heteroatoms. The van der Waals surface area contributed by atoms with Crippen LogP contribution in [0.3, 0.4) is 0 Å². The van der Waals surface area contributed by atoms with E-state index in [1.165, 1.54) is 0 Å². The van der Waals surface area contributed by atoms with Crippen LogP contribution in [0.1, 0.15) is 26.7 Å². The molecule has 0 saturated heterocycles. The second-order valence-corrected chi connectivity index (χ2v) is 3.07. The number of nitrogens with zero attached hydrogens (tertiary/aromatic N) is 1. The molecule has 0 unspecified atom stereocenters. The Labute approximate surface area is 80.2 Å². The summed E-state index contributed by atoms with van der Waals surface area (Å²) < 4.78 is 0. The van der Waals surface area contributed by atoms with E-state index in [1.807, 2.05) is 7.05 Å². The second-order valence-electron chi connectivity index (χ2n) is 3.07. The van der Waals surface area contributed by atoms with E-state index in [-0.39, 0.29) is 18.8 Å². The first-order valence-electron chi connectivity index (χ1n) is 3.96. The molecule has 1 N–H and O–H groups in total. The Morgan fingerprint density at radius 2 is 2.00 bits per heavy atom. The molecule has 0 aromatic heterocycles. The molecule has 0 spiro atoms. The van der Waals surface area contributed by atoms with E-state index in [0.29, 0.717) is 6.04 Å². The highest BCUT2D eigenvalue weighted by atomic mass is 35.5. The largest absolute Gasteiger partial charge is 0.481 e. The van der Waals surface area contributed by atoms with Crippen LogP contribution < -0.4 is 0 Å². The van der Waals surface area contributed by atoms with Gasteiger partial charge in [-0.3, -0.25) is 4.79 Å². The molecule has 0 aliphatic carbocycles. The molecule has 0 saturated carbocycles. The molecule has 74 valence electrons. The first-order chi connectivity index (χ1) is 5.04. The maximum absolute atomic E-state index is 10.1. The van der Waals surface area contributed by atoms with Crippen LogP contribution in [0, 0.1) is 0 Å². The third-order valence-corrected chi connectivity index (χ3v) is 1.78. The van der Waals surface area contributed by atoms with E-state index in [4.69, 9.17) is 5.11 Å². The van der Waals surface area contributed by atoms with Crippen molar-refractivity contribution in [2.45, 2.75) is 32.7 Å². The number of halogens is 1. The molecule has 0 heterocycles. The highest BCUT2D eigenvalue weighted by Gasteiger charge is 2.03. The summed E-state index contributed by atoms with van der Waals surface area (Å²) in [6.45, 7) is 5.06. The number of hydrogen-bond acceptors (Lipinski definition) is 2. The Balaban J connectivity index is 0. The van der Waals surface area contributed by atoms with E-state index >= 15 is 0 Å². The molecule has 0 aromatic carbocycles. The Bertz CT molecular complexity index is 128. The van der Waals surface area contributed by atoms with Crippen LogP contribution in [0.15, 0.2) is 0 Å². The molecule has 0 amide bonds. The first-order valence-corrected chi connectivity index (χ1v) is 3.96. The zero-order valence-corrected chi connectivity index (χ0v) is 8.73. The topological polar surface area (TPSA) is 40.5 Å². The van der Waals surface area contributed by atoms with Crippen molar-refractivity contribution >= 4 is 18.4 Å². The molecular formula is C8H18ClNO2. The van der Waals surface area contributed by atoms with E-state index < -0.39 is 5.97 Å². The van der Waals surface area contributed by atoms with Crippen LogP contribution in [0.25, 0.3) is 0 Å². The molecule has 0 aliphatic heterocycles. The van der Waals surface area contributed by atoms with Gasteiger partial charge in [-0.15, -0.1) is 12.4 Å². The molecule has 0 fully saturated rings. The van der Waals surface area contributed by atoms with Gasteiger partial charge in [-0.2, -0.15) is 0 Å². The van der Waals surface area contributed by atoms with Gasteiger partial charge < -0.3 is 10.0 Å². The van der Waals surface area contributed by atoms with Gasteiger partial charge in [0, 0.05) is 12.5 Å². The summed E-state index contributed by atoms with van der Waals surface area (Å²) in [6, 6.07) is 0.504. The predicted octanol–water partition coefficient (Wildman–Crippen LogP) is 1.61. The molecule has 0 aromatic rings. The van der Waals surface area contributed by atoms with Gasteiger partial charge in [-0.25, -0.2) is 0 Å². The number of carboxylic acid groups (broad SMARTS) is 1. The molecular weight excluding hydrogens is 178 g/mol. The van der Waals surface area contributed by atoms with Gasteiger partial charge in [-0.1, -0.05) is 0 Å². The van der Waals surface area contributed by atoms with Crippen molar-refractivity contribution in [2.75, 3.05) is 13.6 Å². The SMILES string of the molecule is CC(C)N(C)CCCC(=O)O.Cl. The molecule has 0 aliphatic rings. The monoisotopic (exact) mass is 195 g/mol. The predicted molar refractivity (Wildman–Crippen MR) is 51.9 cm³/mol. The zero-order valence-electron chi connectivity index (χ0n) is 7.91. The van der Waals surface area contributed by atoms with Gasteiger partial charge in [0.05, 0.1) is 0 Å². The van der Waals surface area contributed by atoms with Crippen molar-refractivity contribution in [1.82, 2.24) is 4.90 Å². The van der Waals surface area contributed by atoms with E-state index in [0.717, 1.165) is 13.0 Å². The molecule has 0 radical (unpaired) electrons.